The van der Waals surface area contributed by atoms with Crippen LogP contribution in [0.15, 0.2) is 36.7 Å². The van der Waals surface area contributed by atoms with Crippen LogP contribution in [-0.4, -0.2) is 9.97 Å². The monoisotopic (exact) mass is 389 g/mol. The van der Waals surface area contributed by atoms with Crippen molar-refractivity contribution in [2.45, 2.75) is 0 Å². The first-order valence-corrected chi connectivity index (χ1v) is 4.34. The van der Waals surface area contributed by atoms with E-state index in [4.69, 9.17) is 16.3 Å². The number of aromatic nitrogens is 2. The first kappa shape index (κ1) is 12.1. The molecule has 0 unspecified atom stereocenters. The van der Waals surface area contributed by atoms with Gasteiger partial charge in [0.15, 0.2) is 0 Å². The summed E-state index contributed by atoms with van der Waals surface area (Å²) < 4.78 is 5.37. The Morgan fingerprint density at radius 2 is 2.13 bits per heavy atom. The van der Waals surface area contributed by atoms with Crippen LogP contribution in [0.25, 0.3) is 0 Å². The predicted molar refractivity (Wildman–Crippen MR) is 52.4 cm³/mol. The van der Waals surface area contributed by atoms with Gasteiger partial charge in [-0.05, 0) is 0 Å². The number of para-hydroxylation sites is 1. The number of benzene rings is 1. The molecule has 5 heteroatoms. The van der Waals surface area contributed by atoms with Crippen molar-refractivity contribution in [2.24, 2.45) is 0 Å². The van der Waals surface area contributed by atoms with Crippen LogP contribution < -0.4 is 4.74 Å². The van der Waals surface area contributed by atoms with Gasteiger partial charge in [0.2, 0.25) is 5.88 Å². The minimum Gasteiger partial charge on any atom is -0.466 e. The third-order valence-electron chi connectivity index (χ3n) is 1.50. The fourth-order valence-corrected chi connectivity index (χ4v) is 1.06. The minimum atomic E-state index is 0. The quantitative estimate of drug-likeness (QED) is 0.585. The standard InChI is InChI=1S/C10H6ClN2O.W/c11-9-6-10(13-7-12-9)14-8-4-2-1-3-5-8;/h1-4,6-7H;/q-1;. The molecule has 0 aliphatic heterocycles. The molecule has 0 saturated heterocycles. The van der Waals surface area contributed by atoms with Gasteiger partial charge in [-0.3, -0.25) is 0 Å². The molecule has 3 nitrogen and oxygen atoms in total. The molecule has 0 amide bonds. The van der Waals surface area contributed by atoms with Crippen molar-refractivity contribution in [1.82, 2.24) is 9.97 Å². The number of halogens is 1. The maximum absolute atomic E-state index is 5.67. The number of hydrogen-bond acceptors (Lipinski definition) is 3. The van der Waals surface area contributed by atoms with Crippen LogP contribution >= 0.6 is 11.6 Å². The zero-order valence-electron chi connectivity index (χ0n) is 7.55. The summed E-state index contributed by atoms with van der Waals surface area (Å²) in [5, 5.41) is 0.353. The fourth-order valence-electron chi connectivity index (χ4n) is 0.926. The Labute approximate surface area is 107 Å². The van der Waals surface area contributed by atoms with Crippen molar-refractivity contribution in [1.29, 1.82) is 0 Å². The third kappa shape index (κ3) is 3.61. The predicted octanol–water partition coefficient (Wildman–Crippen LogP) is 2.72. The molecular weight excluding hydrogens is 383 g/mol. The van der Waals surface area contributed by atoms with E-state index in [0.717, 1.165) is 0 Å². The Morgan fingerprint density at radius 3 is 2.80 bits per heavy atom. The zero-order valence-corrected chi connectivity index (χ0v) is 11.2. The van der Waals surface area contributed by atoms with Crippen LogP contribution in [0.1, 0.15) is 0 Å². The normalized spacial score (nSPS) is 9.13. The van der Waals surface area contributed by atoms with Crippen LogP contribution in [0, 0.1) is 6.07 Å². The van der Waals surface area contributed by atoms with Crippen molar-refractivity contribution in [3.8, 4) is 11.6 Å². The number of ether oxygens (including phenoxy) is 1. The van der Waals surface area contributed by atoms with Gasteiger partial charge in [-0.25, -0.2) is 9.97 Å². The van der Waals surface area contributed by atoms with Gasteiger partial charge in [-0.2, -0.15) is 18.2 Å². The van der Waals surface area contributed by atoms with Gasteiger partial charge >= 0.3 is 0 Å². The van der Waals surface area contributed by atoms with Gasteiger partial charge in [0.25, 0.3) is 0 Å². The molecule has 0 radical (unpaired) electrons. The molecule has 0 spiro atoms. The average molecular weight is 389 g/mol. The summed E-state index contributed by atoms with van der Waals surface area (Å²) in [5.41, 5.74) is 0. The molecule has 1 heterocycles. The Kier molecular flexibility index (Phi) is 4.73. The zero-order chi connectivity index (χ0) is 9.80. The number of nitrogens with zero attached hydrogens (tertiary/aromatic N) is 2. The molecule has 0 N–H and O–H groups in total. The van der Waals surface area contributed by atoms with Gasteiger partial charge < -0.3 is 4.74 Å². The summed E-state index contributed by atoms with van der Waals surface area (Å²) in [4.78, 5) is 7.64. The summed E-state index contributed by atoms with van der Waals surface area (Å²) in [5.74, 6) is 1.01. The third-order valence-corrected chi connectivity index (χ3v) is 1.71. The number of hydrogen-bond donors (Lipinski definition) is 0. The largest absolute Gasteiger partial charge is 0.466 e. The van der Waals surface area contributed by atoms with Gasteiger partial charge in [0, 0.05) is 32.9 Å². The summed E-state index contributed by atoms with van der Waals surface area (Å²) in [6.45, 7) is 0. The van der Waals surface area contributed by atoms with Crippen molar-refractivity contribution < 1.29 is 25.8 Å². The second-order valence-electron chi connectivity index (χ2n) is 2.51. The van der Waals surface area contributed by atoms with E-state index in [1.54, 1.807) is 18.2 Å². The topological polar surface area (TPSA) is 35.0 Å². The van der Waals surface area contributed by atoms with Crippen molar-refractivity contribution in [3.05, 3.63) is 47.9 Å². The molecule has 1 aromatic carbocycles. The Balaban J connectivity index is 0.00000112. The van der Waals surface area contributed by atoms with Crippen LogP contribution in [-0.2, 0) is 21.1 Å². The fraction of sp³-hybridized carbons (Fsp3) is 0. The van der Waals surface area contributed by atoms with E-state index in [1.165, 1.54) is 6.33 Å². The molecule has 2 rings (SSSR count). The van der Waals surface area contributed by atoms with Gasteiger partial charge in [0.05, 0.1) is 0 Å². The first-order chi connectivity index (χ1) is 6.84. The SMILES string of the molecule is Clc1cc(Oc2[c-]cccc2)ncn1.[W]. The smallest absolute Gasteiger partial charge is 0.221 e. The van der Waals surface area contributed by atoms with Crippen LogP contribution in [0.5, 0.6) is 11.6 Å². The Morgan fingerprint density at radius 1 is 1.27 bits per heavy atom. The van der Waals surface area contributed by atoms with E-state index < -0.39 is 0 Å². The molecular formula is C10H6ClN2OW-. The van der Waals surface area contributed by atoms with Gasteiger partial charge in [-0.1, -0.05) is 11.6 Å². The summed E-state index contributed by atoms with van der Waals surface area (Å²) in [6, 6.07) is 11.7. The van der Waals surface area contributed by atoms with E-state index >= 15 is 0 Å². The van der Waals surface area contributed by atoms with Crippen LogP contribution in [0.4, 0.5) is 0 Å². The van der Waals surface area contributed by atoms with Crippen molar-refractivity contribution in [2.75, 3.05) is 0 Å². The van der Waals surface area contributed by atoms with E-state index in [-0.39, 0.29) is 21.1 Å². The van der Waals surface area contributed by atoms with E-state index in [0.29, 0.717) is 16.8 Å². The van der Waals surface area contributed by atoms with E-state index in [1.807, 2.05) is 12.1 Å². The molecule has 0 atom stereocenters. The molecule has 0 bridgehead atoms. The van der Waals surface area contributed by atoms with E-state index in [2.05, 4.69) is 16.0 Å². The van der Waals surface area contributed by atoms with Gasteiger partial charge in [-0.15, -0.1) is 12.1 Å². The average Bonchev–Trinajstić information content (AvgIpc) is 2.19. The molecule has 0 aliphatic carbocycles. The van der Waals surface area contributed by atoms with Crippen molar-refractivity contribution in [3.63, 3.8) is 0 Å². The summed E-state index contributed by atoms with van der Waals surface area (Å²) >= 11 is 5.67. The Bertz CT molecular complexity index is 425. The summed E-state index contributed by atoms with van der Waals surface area (Å²) in [6.07, 6.45) is 1.35. The molecule has 0 saturated carbocycles. The van der Waals surface area contributed by atoms with Crippen molar-refractivity contribution >= 4 is 11.6 Å². The molecule has 2 aromatic rings. The molecule has 15 heavy (non-hydrogen) atoms. The number of rotatable bonds is 2. The second-order valence-corrected chi connectivity index (χ2v) is 2.90. The van der Waals surface area contributed by atoms with Gasteiger partial charge in [0.1, 0.15) is 11.5 Å². The molecule has 0 aliphatic rings. The maximum atomic E-state index is 5.67. The Hall–Kier alpha value is -0.922. The second kappa shape index (κ2) is 5.84. The first-order valence-electron chi connectivity index (χ1n) is 3.97. The van der Waals surface area contributed by atoms with Crippen LogP contribution in [0.2, 0.25) is 5.15 Å². The minimum absolute atomic E-state index is 0. The van der Waals surface area contributed by atoms with Crippen LogP contribution in [0.3, 0.4) is 0 Å². The molecule has 1 aromatic heterocycles. The molecule has 0 fully saturated rings. The molecule has 76 valence electrons. The summed E-state index contributed by atoms with van der Waals surface area (Å²) in [7, 11) is 0. The maximum Gasteiger partial charge on any atom is 0.221 e. The van der Waals surface area contributed by atoms with E-state index in [9.17, 15) is 0 Å².